The van der Waals surface area contributed by atoms with Gasteiger partial charge in [-0.3, -0.25) is 0 Å². The van der Waals surface area contributed by atoms with Gasteiger partial charge < -0.3 is 15.0 Å². The summed E-state index contributed by atoms with van der Waals surface area (Å²) in [5, 5.41) is 19.0. The van der Waals surface area contributed by atoms with Crippen molar-refractivity contribution in [3.8, 4) is 0 Å². The summed E-state index contributed by atoms with van der Waals surface area (Å²) in [4.78, 5) is 8.89. The molecular formula is C6H12K2O3. The van der Waals surface area contributed by atoms with Crippen molar-refractivity contribution >= 4 is 5.97 Å². The van der Waals surface area contributed by atoms with Crippen molar-refractivity contribution in [3.63, 3.8) is 0 Å². The third kappa shape index (κ3) is 199. The zero-order valence-corrected chi connectivity index (χ0v) is 14.5. The Morgan fingerprint density at radius 1 is 1.18 bits per heavy atom. The van der Waals surface area contributed by atoms with Crippen LogP contribution in [0.1, 0.15) is 27.7 Å². The van der Waals surface area contributed by atoms with E-state index in [1.165, 1.54) is 0 Å². The molecule has 0 spiro atoms. The van der Waals surface area contributed by atoms with Gasteiger partial charge in [0.2, 0.25) is 0 Å². The summed E-state index contributed by atoms with van der Waals surface area (Å²) in [5.41, 5.74) is -0.750. The van der Waals surface area contributed by atoms with Crippen molar-refractivity contribution < 1.29 is 118 Å². The van der Waals surface area contributed by atoms with E-state index in [0.29, 0.717) is 0 Å². The second-order valence-corrected chi connectivity index (χ2v) is 2.60. The molecule has 0 saturated heterocycles. The molecule has 5 heteroatoms. The fraction of sp³-hybridized carbons (Fsp3) is 0.833. The smallest absolute Gasteiger partial charge is 0.850 e. The number of carbonyl (C=O) groups excluding carboxylic acids is 1. The van der Waals surface area contributed by atoms with Gasteiger partial charge in [0.25, 0.3) is 0 Å². The topological polar surface area (TPSA) is 63.2 Å². The van der Waals surface area contributed by atoms with Crippen LogP contribution in [0.3, 0.4) is 0 Å². The minimum atomic E-state index is -1.08. The molecule has 0 unspecified atom stereocenters. The zero-order chi connectivity index (χ0) is 8.08. The fourth-order valence-electron chi connectivity index (χ4n) is 0. The van der Waals surface area contributed by atoms with Crippen LogP contribution >= 0.6 is 0 Å². The molecular weight excluding hydrogens is 198 g/mol. The van der Waals surface area contributed by atoms with Crippen LogP contribution in [0.15, 0.2) is 0 Å². The first kappa shape index (κ1) is 23.5. The van der Waals surface area contributed by atoms with Gasteiger partial charge in [0.15, 0.2) is 0 Å². The molecule has 0 amide bonds. The van der Waals surface area contributed by atoms with Crippen LogP contribution in [-0.4, -0.2) is 11.6 Å². The molecule has 0 aromatic carbocycles. The van der Waals surface area contributed by atoms with Crippen LogP contribution in [0.5, 0.6) is 0 Å². The largest absolute Gasteiger partial charge is 1.00 e. The minimum absolute atomic E-state index is 0. The minimum Gasteiger partial charge on any atom is -0.850 e. The van der Waals surface area contributed by atoms with E-state index >= 15 is 0 Å². The van der Waals surface area contributed by atoms with Gasteiger partial charge in [0, 0.05) is 5.97 Å². The second kappa shape index (κ2) is 12.7. The van der Waals surface area contributed by atoms with Crippen LogP contribution in [0, 0.1) is 0 Å². The zero-order valence-electron chi connectivity index (χ0n) is 8.22. The van der Waals surface area contributed by atoms with Crippen molar-refractivity contribution in [2.45, 2.75) is 33.3 Å². The Morgan fingerprint density at radius 3 is 1.18 bits per heavy atom. The maximum Gasteiger partial charge on any atom is 1.00 e. The molecule has 3 nitrogen and oxygen atoms in total. The Bertz CT molecular complexity index is 78.3. The van der Waals surface area contributed by atoms with Gasteiger partial charge in [0.1, 0.15) is 0 Å². The number of carboxylic acid groups (broad SMARTS) is 1. The number of carbonyl (C=O) groups is 1. The van der Waals surface area contributed by atoms with Crippen LogP contribution in [-0.2, 0) is 4.79 Å². The number of aliphatic carboxylic acids is 1. The Balaban J connectivity index is -0.0000000383. The van der Waals surface area contributed by atoms with Crippen molar-refractivity contribution in [1.29, 1.82) is 0 Å². The van der Waals surface area contributed by atoms with Crippen molar-refractivity contribution in [2.75, 3.05) is 0 Å². The van der Waals surface area contributed by atoms with Gasteiger partial charge in [-0.1, -0.05) is 20.8 Å². The first-order valence-electron chi connectivity index (χ1n) is 2.61. The van der Waals surface area contributed by atoms with Gasteiger partial charge in [-0.15, -0.1) is 5.60 Å². The van der Waals surface area contributed by atoms with Gasteiger partial charge in [-0.25, -0.2) is 0 Å². The molecule has 56 valence electrons. The number of hydrogen-bond donors (Lipinski definition) is 0. The third-order valence-corrected chi connectivity index (χ3v) is 0. The summed E-state index contributed by atoms with van der Waals surface area (Å²) in [7, 11) is 0. The molecule has 0 aliphatic carbocycles. The fourth-order valence-corrected chi connectivity index (χ4v) is 0. The number of rotatable bonds is 0. The predicted octanol–water partition coefficient (Wildman–Crippen LogP) is -7.09. The van der Waals surface area contributed by atoms with Crippen LogP contribution in [0.25, 0.3) is 0 Å². The van der Waals surface area contributed by atoms with Gasteiger partial charge in [-0.2, -0.15) is 0 Å². The van der Waals surface area contributed by atoms with Crippen molar-refractivity contribution in [3.05, 3.63) is 0 Å². The van der Waals surface area contributed by atoms with Gasteiger partial charge in [-0.05, 0) is 6.92 Å². The first-order chi connectivity index (χ1) is 3.73. The molecule has 0 fully saturated rings. The average molecular weight is 210 g/mol. The molecule has 0 aliphatic rings. The summed E-state index contributed by atoms with van der Waals surface area (Å²) >= 11 is 0. The van der Waals surface area contributed by atoms with Crippen molar-refractivity contribution in [2.24, 2.45) is 0 Å². The van der Waals surface area contributed by atoms with Crippen molar-refractivity contribution in [1.82, 2.24) is 0 Å². The Kier molecular flexibility index (Phi) is 27.1. The Labute approximate surface area is 153 Å². The van der Waals surface area contributed by atoms with Crippen LogP contribution in [0.2, 0.25) is 0 Å². The molecule has 0 aromatic heterocycles. The quantitative estimate of drug-likeness (QED) is 0.373. The molecule has 0 radical (unpaired) electrons. The third-order valence-electron chi connectivity index (χ3n) is 0. The van der Waals surface area contributed by atoms with E-state index in [-0.39, 0.29) is 103 Å². The molecule has 0 N–H and O–H groups in total. The van der Waals surface area contributed by atoms with Crippen LogP contribution < -0.4 is 113 Å². The maximum absolute atomic E-state index is 10.1. The summed E-state index contributed by atoms with van der Waals surface area (Å²) in [5.74, 6) is -1.08. The number of carboxylic acids is 1. The molecule has 0 atom stereocenters. The van der Waals surface area contributed by atoms with E-state index in [1.54, 1.807) is 20.8 Å². The van der Waals surface area contributed by atoms with E-state index < -0.39 is 11.6 Å². The van der Waals surface area contributed by atoms with Crippen LogP contribution in [0.4, 0.5) is 0 Å². The second-order valence-electron chi connectivity index (χ2n) is 2.60. The number of hydrogen-bond acceptors (Lipinski definition) is 3. The predicted molar refractivity (Wildman–Crippen MR) is 30.4 cm³/mol. The van der Waals surface area contributed by atoms with E-state index in [4.69, 9.17) is 9.90 Å². The Hall–Kier alpha value is 2.70. The summed E-state index contributed by atoms with van der Waals surface area (Å²) in [6.45, 7) is 5.87. The van der Waals surface area contributed by atoms with E-state index in [9.17, 15) is 5.11 Å². The Morgan fingerprint density at radius 2 is 1.18 bits per heavy atom. The summed E-state index contributed by atoms with van der Waals surface area (Å²) < 4.78 is 0. The van der Waals surface area contributed by atoms with Gasteiger partial charge >= 0.3 is 103 Å². The normalized spacial score (nSPS) is 7.73. The molecule has 11 heavy (non-hydrogen) atoms. The SMILES string of the molecule is CC(=O)[O-].CC(C)(C)[O-].[K+].[K+]. The average Bonchev–Trinajstić information content (AvgIpc) is 1.19. The molecule has 0 heterocycles. The molecule has 0 aromatic rings. The molecule has 0 rings (SSSR count). The standard InChI is InChI=1S/C4H9O.C2H4O2.2K/c1-4(2,3)5;1-2(3)4;;/h1-3H3;1H3,(H,3,4);;/q-1;;2*+1/p-1. The summed E-state index contributed by atoms with van der Waals surface area (Å²) in [6, 6.07) is 0. The van der Waals surface area contributed by atoms with E-state index in [2.05, 4.69) is 0 Å². The molecule has 0 bridgehead atoms. The molecule has 0 saturated carbocycles. The maximum atomic E-state index is 10.1. The molecule has 0 aliphatic heterocycles. The van der Waals surface area contributed by atoms with Gasteiger partial charge in [0.05, 0.1) is 0 Å². The van der Waals surface area contributed by atoms with E-state index in [0.717, 1.165) is 6.92 Å². The van der Waals surface area contributed by atoms with E-state index in [1.807, 2.05) is 0 Å². The monoisotopic (exact) mass is 210 g/mol. The summed E-state index contributed by atoms with van der Waals surface area (Å²) in [6.07, 6.45) is 0. The first-order valence-corrected chi connectivity index (χ1v) is 2.61.